The first-order valence-electron chi connectivity index (χ1n) is 9.62. The van der Waals surface area contributed by atoms with Gasteiger partial charge in [-0.1, -0.05) is 32.4 Å². The van der Waals surface area contributed by atoms with Crippen LogP contribution in [-0.2, 0) is 9.59 Å². The largest absolute Gasteiger partial charge is 0.353 e. The van der Waals surface area contributed by atoms with Gasteiger partial charge in [-0.25, -0.2) is 0 Å². The second kappa shape index (κ2) is 7.90. The lowest BCUT2D eigenvalue weighted by atomic mass is 10.1. The number of allylic oxidation sites excluding steroid dienone is 2. The van der Waals surface area contributed by atoms with Crippen LogP contribution in [0.25, 0.3) is 0 Å². The Morgan fingerprint density at radius 1 is 1.20 bits per heavy atom. The number of hydrogen-bond donors (Lipinski definition) is 1. The Hall–Kier alpha value is -1.36. The molecule has 142 valence electrons. The van der Waals surface area contributed by atoms with Crippen molar-refractivity contribution >= 4 is 11.8 Å². The van der Waals surface area contributed by atoms with E-state index >= 15 is 0 Å². The van der Waals surface area contributed by atoms with Gasteiger partial charge in [0.2, 0.25) is 11.8 Å². The average Bonchev–Trinajstić information content (AvgIpc) is 3.06. The lowest BCUT2D eigenvalue weighted by Crippen LogP contribution is -2.52. The fraction of sp³-hybridized carbons (Fsp3) is 0.800. The number of nitrogens with one attached hydrogen (secondary N) is 1. The molecule has 0 aromatic carbocycles. The summed E-state index contributed by atoms with van der Waals surface area (Å²) in [6.07, 6.45) is 3.19. The normalized spacial score (nSPS) is 26.7. The molecular formula is C20H35N3O2. The Labute approximate surface area is 152 Å². The average molecular weight is 350 g/mol. The van der Waals surface area contributed by atoms with Crippen molar-refractivity contribution in [1.82, 2.24) is 15.1 Å². The third-order valence-electron chi connectivity index (χ3n) is 5.76. The highest BCUT2D eigenvalue weighted by molar-refractivity contribution is 5.84. The predicted molar refractivity (Wildman–Crippen MR) is 101 cm³/mol. The van der Waals surface area contributed by atoms with E-state index in [9.17, 15) is 9.59 Å². The molecule has 1 N–H and O–H groups in total. The van der Waals surface area contributed by atoms with Crippen molar-refractivity contribution in [3.8, 4) is 0 Å². The number of amides is 2. The van der Waals surface area contributed by atoms with Crippen molar-refractivity contribution in [2.45, 2.75) is 54.0 Å². The van der Waals surface area contributed by atoms with Crippen molar-refractivity contribution < 1.29 is 9.59 Å². The monoisotopic (exact) mass is 349 g/mol. The fourth-order valence-corrected chi connectivity index (χ4v) is 3.77. The first kappa shape index (κ1) is 20.0. The van der Waals surface area contributed by atoms with E-state index in [0.29, 0.717) is 12.5 Å². The summed E-state index contributed by atoms with van der Waals surface area (Å²) in [4.78, 5) is 29.0. The molecule has 0 aromatic rings. The van der Waals surface area contributed by atoms with Crippen LogP contribution < -0.4 is 5.32 Å². The van der Waals surface area contributed by atoms with Gasteiger partial charge >= 0.3 is 0 Å². The second-order valence-corrected chi connectivity index (χ2v) is 8.55. The summed E-state index contributed by atoms with van der Waals surface area (Å²) < 4.78 is 0. The summed E-state index contributed by atoms with van der Waals surface area (Å²) >= 11 is 0. The Morgan fingerprint density at radius 3 is 2.32 bits per heavy atom. The van der Waals surface area contributed by atoms with Gasteiger partial charge in [0.25, 0.3) is 0 Å². The Balaban J connectivity index is 1.81. The van der Waals surface area contributed by atoms with Gasteiger partial charge in [-0.2, -0.15) is 0 Å². The molecule has 2 amide bonds. The van der Waals surface area contributed by atoms with Gasteiger partial charge in [-0.15, -0.1) is 0 Å². The fourth-order valence-electron chi connectivity index (χ4n) is 3.77. The molecule has 2 rings (SSSR count). The summed E-state index contributed by atoms with van der Waals surface area (Å²) in [5.41, 5.74) is 1.35. The maximum atomic E-state index is 12.9. The van der Waals surface area contributed by atoms with Gasteiger partial charge in [0.1, 0.15) is 0 Å². The first-order chi connectivity index (χ1) is 11.7. The van der Waals surface area contributed by atoms with Gasteiger partial charge < -0.3 is 10.2 Å². The molecule has 5 nitrogen and oxygen atoms in total. The van der Waals surface area contributed by atoms with Crippen molar-refractivity contribution in [3.63, 3.8) is 0 Å². The zero-order chi connectivity index (χ0) is 18.8. The maximum absolute atomic E-state index is 12.9. The zero-order valence-electron chi connectivity index (χ0n) is 16.8. The van der Waals surface area contributed by atoms with Gasteiger partial charge in [0, 0.05) is 32.2 Å². The van der Waals surface area contributed by atoms with Crippen LogP contribution in [0.3, 0.4) is 0 Å². The third-order valence-corrected chi connectivity index (χ3v) is 5.76. The number of carbonyl (C=O) groups excluding carboxylic acids is 2. The molecule has 1 heterocycles. The minimum atomic E-state index is 0.0711. The second-order valence-electron chi connectivity index (χ2n) is 8.55. The summed E-state index contributed by atoms with van der Waals surface area (Å²) in [5.74, 6) is 0.851. The van der Waals surface area contributed by atoms with Gasteiger partial charge in [-0.05, 0) is 38.5 Å². The smallest absolute Gasteiger partial charge is 0.234 e. The number of nitrogens with zero attached hydrogens (tertiary/aromatic N) is 2. The molecule has 1 saturated carbocycles. The van der Waals surface area contributed by atoms with Crippen LogP contribution in [0.5, 0.6) is 0 Å². The van der Waals surface area contributed by atoms with Crippen LogP contribution >= 0.6 is 0 Å². The first-order valence-corrected chi connectivity index (χ1v) is 9.62. The Morgan fingerprint density at radius 2 is 1.80 bits per heavy atom. The van der Waals surface area contributed by atoms with Gasteiger partial charge in [0.15, 0.2) is 0 Å². The van der Waals surface area contributed by atoms with Crippen molar-refractivity contribution in [2.24, 2.45) is 17.3 Å². The minimum Gasteiger partial charge on any atom is -0.353 e. The highest BCUT2D eigenvalue weighted by Gasteiger charge is 2.61. The van der Waals surface area contributed by atoms with Crippen molar-refractivity contribution in [2.75, 3.05) is 32.7 Å². The molecule has 25 heavy (non-hydrogen) atoms. The molecule has 0 aromatic heterocycles. The Kier molecular flexibility index (Phi) is 6.30. The van der Waals surface area contributed by atoms with E-state index in [2.05, 4.69) is 50.9 Å². The van der Waals surface area contributed by atoms with E-state index < -0.39 is 0 Å². The quantitative estimate of drug-likeness (QED) is 0.749. The van der Waals surface area contributed by atoms with Crippen molar-refractivity contribution in [3.05, 3.63) is 11.6 Å². The number of piperazine rings is 1. The Bertz CT molecular complexity index is 529. The molecule has 0 bridgehead atoms. The van der Waals surface area contributed by atoms with Crippen LogP contribution in [0.15, 0.2) is 11.6 Å². The molecule has 5 heteroatoms. The molecule has 1 aliphatic carbocycles. The molecule has 1 aliphatic heterocycles. The summed E-state index contributed by atoms with van der Waals surface area (Å²) in [7, 11) is 0. The molecule has 2 aliphatic rings. The van der Waals surface area contributed by atoms with Crippen molar-refractivity contribution in [1.29, 1.82) is 0 Å². The van der Waals surface area contributed by atoms with Gasteiger partial charge in [0.05, 0.1) is 12.5 Å². The number of rotatable bonds is 6. The molecular weight excluding hydrogens is 314 g/mol. The summed E-state index contributed by atoms with van der Waals surface area (Å²) in [6, 6.07) is 0.222. The summed E-state index contributed by atoms with van der Waals surface area (Å²) in [5, 5.41) is 3.01. The molecule has 0 spiro atoms. The van der Waals surface area contributed by atoms with Crippen LogP contribution in [-0.4, -0.2) is 60.4 Å². The van der Waals surface area contributed by atoms with E-state index in [1.807, 2.05) is 11.8 Å². The van der Waals surface area contributed by atoms with Gasteiger partial charge in [-0.3, -0.25) is 14.5 Å². The van der Waals surface area contributed by atoms with E-state index in [1.54, 1.807) is 0 Å². The van der Waals surface area contributed by atoms with E-state index in [4.69, 9.17) is 0 Å². The standard InChI is InChI=1S/C20H35N3O2/c1-7-15(4)21-17(24)13-22-8-10-23(11-9-22)19(25)18-16(12-14(2)3)20(18,5)6/h12,15-16,18H,7-11,13H2,1-6H3,(H,21,24). The molecule has 3 unspecified atom stereocenters. The zero-order valence-corrected chi connectivity index (χ0v) is 16.8. The lowest BCUT2D eigenvalue weighted by molar-refractivity contribution is -0.135. The van der Waals surface area contributed by atoms with E-state index in [1.165, 1.54) is 5.57 Å². The topological polar surface area (TPSA) is 52.7 Å². The summed E-state index contributed by atoms with van der Waals surface area (Å²) in [6.45, 7) is 16.1. The van der Waals surface area contributed by atoms with E-state index in [0.717, 1.165) is 32.6 Å². The van der Waals surface area contributed by atoms with E-state index in [-0.39, 0.29) is 29.2 Å². The third kappa shape index (κ3) is 4.84. The highest BCUT2D eigenvalue weighted by Crippen LogP contribution is 2.60. The maximum Gasteiger partial charge on any atom is 0.234 e. The van der Waals surface area contributed by atoms with Crippen LogP contribution in [0.2, 0.25) is 0 Å². The molecule has 3 atom stereocenters. The SMILES string of the molecule is CCC(C)NC(=O)CN1CCN(C(=O)C2C(C=C(C)C)C2(C)C)CC1. The molecule has 1 saturated heterocycles. The van der Waals surface area contributed by atoms with Crippen LogP contribution in [0.1, 0.15) is 48.0 Å². The minimum absolute atomic E-state index is 0.0711. The molecule has 2 fully saturated rings. The number of carbonyl (C=O) groups is 2. The predicted octanol–water partition coefficient (Wildman–Crippen LogP) is 2.28. The lowest BCUT2D eigenvalue weighted by Gasteiger charge is -2.35. The van der Waals surface area contributed by atoms with Crippen LogP contribution in [0, 0.1) is 17.3 Å². The van der Waals surface area contributed by atoms with Crippen LogP contribution in [0.4, 0.5) is 0 Å². The molecule has 0 radical (unpaired) electrons. The number of hydrogen-bond acceptors (Lipinski definition) is 3. The highest BCUT2D eigenvalue weighted by atomic mass is 16.2.